The number of hydrogen-bond donors (Lipinski definition) is 2. The van der Waals surface area contributed by atoms with Crippen LogP contribution in [0.3, 0.4) is 0 Å². The normalized spacial score (nSPS) is 25.1. The van der Waals surface area contributed by atoms with Crippen LogP contribution in [0.15, 0.2) is 42.6 Å². The zero-order valence-electron chi connectivity index (χ0n) is 42.1. The van der Waals surface area contributed by atoms with Crippen LogP contribution in [0.25, 0.3) is 27.7 Å². The molecule has 0 radical (unpaired) electrons. The molecule has 17 nitrogen and oxygen atoms in total. The molecule has 0 aliphatic carbocycles. The summed E-state index contributed by atoms with van der Waals surface area (Å²) in [7, 11) is 3.32. The first-order chi connectivity index (χ1) is 33.0. The van der Waals surface area contributed by atoms with E-state index in [0.717, 1.165) is 51.0 Å². The molecule has 2 aromatic heterocycles. The van der Waals surface area contributed by atoms with E-state index in [0.29, 0.717) is 78.1 Å². The molecule has 5 amide bonds. The van der Waals surface area contributed by atoms with E-state index in [-0.39, 0.29) is 55.2 Å². The molecule has 3 saturated heterocycles. The fourth-order valence-corrected chi connectivity index (χ4v) is 11.2. The molecule has 7 heterocycles. The predicted molar refractivity (Wildman–Crippen MR) is 262 cm³/mol. The van der Waals surface area contributed by atoms with Gasteiger partial charge in [0.25, 0.3) is 5.91 Å². The smallest absolute Gasteiger partial charge is 0.324 e. The van der Waals surface area contributed by atoms with Gasteiger partial charge in [0.1, 0.15) is 18.1 Å². The molecule has 3 aromatic rings. The highest BCUT2D eigenvalue weighted by Crippen LogP contribution is 2.42. The number of ether oxygens (including phenoxy) is 3. The van der Waals surface area contributed by atoms with Crippen molar-refractivity contribution >= 4 is 46.2 Å². The molecule has 374 valence electrons. The maximum atomic E-state index is 14.8. The van der Waals surface area contributed by atoms with E-state index in [4.69, 9.17) is 19.2 Å². The van der Waals surface area contributed by atoms with E-state index in [9.17, 15) is 24.0 Å². The Kier molecular flexibility index (Phi) is 15.2. The molecule has 1 aromatic carbocycles. The van der Waals surface area contributed by atoms with Crippen molar-refractivity contribution in [3.05, 3.63) is 59.4 Å². The average Bonchev–Trinajstić information content (AvgIpc) is 3.93. The van der Waals surface area contributed by atoms with Crippen LogP contribution in [0.4, 0.5) is 4.79 Å². The van der Waals surface area contributed by atoms with Crippen LogP contribution in [0.2, 0.25) is 0 Å². The number of cyclic esters (lactones) is 1. The third kappa shape index (κ3) is 10.3. The Labute approximate surface area is 406 Å². The predicted octanol–water partition coefficient (Wildman–Crippen LogP) is 5.02. The van der Waals surface area contributed by atoms with Gasteiger partial charge in [0, 0.05) is 94.5 Å². The number of hydrazine groups is 1. The number of fused-ring (bicyclic) bond motifs is 7. The zero-order chi connectivity index (χ0) is 49.3. The second kappa shape index (κ2) is 20.9. The van der Waals surface area contributed by atoms with Crippen molar-refractivity contribution in [3.8, 4) is 11.3 Å². The highest BCUT2D eigenvalue weighted by Gasteiger charge is 2.46. The Balaban J connectivity index is 1.12. The van der Waals surface area contributed by atoms with Gasteiger partial charge in [0.05, 0.1) is 49.4 Å². The third-order valence-corrected chi connectivity index (χ3v) is 14.8. The van der Waals surface area contributed by atoms with Crippen LogP contribution >= 0.6 is 0 Å². The fourth-order valence-electron chi connectivity index (χ4n) is 11.2. The summed E-state index contributed by atoms with van der Waals surface area (Å²) in [5, 5.41) is 5.70. The minimum atomic E-state index is -1.02. The van der Waals surface area contributed by atoms with Crippen molar-refractivity contribution in [1.82, 2.24) is 44.9 Å². The summed E-state index contributed by atoms with van der Waals surface area (Å²) in [6.07, 6.45) is 6.28. The molecular formula is C52H73N9O8. The lowest BCUT2D eigenvalue weighted by Gasteiger charge is -2.38. The van der Waals surface area contributed by atoms with Crippen LogP contribution in [-0.4, -0.2) is 167 Å². The number of esters is 1. The molecule has 69 heavy (non-hydrogen) atoms. The highest BCUT2D eigenvalue weighted by atomic mass is 16.5. The molecular weight excluding hydrogens is 879 g/mol. The van der Waals surface area contributed by atoms with E-state index in [1.807, 2.05) is 38.7 Å². The number of amides is 5. The van der Waals surface area contributed by atoms with Gasteiger partial charge in [-0.2, -0.15) is 0 Å². The number of hydrogen-bond acceptors (Lipinski definition) is 11. The first-order valence-electron chi connectivity index (χ1n) is 25.1. The van der Waals surface area contributed by atoms with Crippen molar-refractivity contribution in [2.24, 2.45) is 11.3 Å². The van der Waals surface area contributed by atoms with Gasteiger partial charge < -0.3 is 38.8 Å². The topological polar surface area (TPSA) is 171 Å². The maximum Gasteiger partial charge on any atom is 0.324 e. The summed E-state index contributed by atoms with van der Waals surface area (Å²) in [5.74, 6) is -1.55. The number of rotatable bonds is 9. The minimum absolute atomic E-state index is 0.0241. The SMILES string of the molecule is CCC(=O)N1CCO[C@H]2CN(C(=O)N(C)C(C(=O)N[C@H]3CN4CCC=C(C4)c4ccc5c(c4)c(c(-c4cccnc4[C@H](C)OC)n5CC)CC(C)(C)COC(=O)[C@@H]4CCCN(N4)C3=O)C(C)C)C[C@H]21. The van der Waals surface area contributed by atoms with E-state index in [1.54, 1.807) is 25.3 Å². The Hall–Kier alpha value is -5.36. The van der Waals surface area contributed by atoms with Gasteiger partial charge in [-0.05, 0) is 86.4 Å². The van der Waals surface area contributed by atoms with E-state index in [2.05, 4.69) is 71.3 Å². The van der Waals surface area contributed by atoms with Gasteiger partial charge in [-0.15, -0.1) is 0 Å². The molecule has 2 N–H and O–H groups in total. The number of carbonyl (C=O) groups is 5. The molecule has 0 spiro atoms. The average molecular weight is 952 g/mol. The second-order valence-corrected chi connectivity index (χ2v) is 20.6. The molecule has 5 aliphatic heterocycles. The van der Waals surface area contributed by atoms with Crippen molar-refractivity contribution in [2.45, 2.75) is 123 Å². The quantitative estimate of drug-likeness (QED) is 0.276. The number of benzene rings is 1. The van der Waals surface area contributed by atoms with Crippen molar-refractivity contribution in [3.63, 3.8) is 0 Å². The first kappa shape index (κ1) is 50.0. The van der Waals surface area contributed by atoms with Crippen molar-refractivity contribution in [1.29, 1.82) is 0 Å². The van der Waals surface area contributed by atoms with Gasteiger partial charge >= 0.3 is 12.0 Å². The van der Waals surface area contributed by atoms with Gasteiger partial charge in [-0.1, -0.05) is 46.8 Å². The van der Waals surface area contributed by atoms with Crippen molar-refractivity contribution in [2.75, 3.05) is 73.2 Å². The molecule has 5 aliphatic rings. The van der Waals surface area contributed by atoms with Gasteiger partial charge in [-0.3, -0.25) is 34.1 Å². The summed E-state index contributed by atoms with van der Waals surface area (Å²) in [5.41, 5.74) is 10.0. The highest BCUT2D eigenvalue weighted by molar-refractivity contribution is 5.95. The van der Waals surface area contributed by atoms with E-state index < -0.39 is 35.4 Å². The maximum absolute atomic E-state index is 14.8. The number of methoxy groups -OCH3 is 1. The number of likely N-dealkylation sites (tertiary alicyclic amines) is 1. The lowest BCUT2D eigenvalue weighted by molar-refractivity contribution is -0.155. The number of likely N-dealkylation sites (N-methyl/N-ethyl adjacent to an activating group) is 1. The third-order valence-electron chi connectivity index (χ3n) is 14.8. The van der Waals surface area contributed by atoms with Gasteiger partial charge in [0.2, 0.25) is 11.8 Å². The summed E-state index contributed by atoms with van der Waals surface area (Å²) in [6.45, 7) is 18.1. The number of urea groups is 1. The Morgan fingerprint density at radius 3 is 2.59 bits per heavy atom. The Morgan fingerprint density at radius 2 is 1.86 bits per heavy atom. The monoisotopic (exact) mass is 952 g/mol. The number of carbonyl (C=O) groups excluding carboxylic acids is 5. The molecule has 2 unspecified atom stereocenters. The molecule has 17 heteroatoms. The Morgan fingerprint density at radius 1 is 1.06 bits per heavy atom. The molecule has 6 bridgehead atoms. The van der Waals surface area contributed by atoms with E-state index >= 15 is 0 Å². The second-order valence-electron chi connectivity index (χ2n) is 20.6. The van der Waals surface area contributed by atoms with Crippen LogP contribution in [-0.2, 0) is 46.4 Å². The molecule has 7 atom stereocenters. The molecule has 8 rings (SSSR count). The Bertz CT molecular complexity index is 2450. The number of nitrogens with zero attached hydrogens (tertiary/aromatic N) is 7. The lowest BCUT2D eigenvalue weighted by Crippen LogP contribution is -2.64. The summed E-state index contributed by atoms with van der Waals surface area (Å²) < 4.78 is 20.4. The summed E-state index contributed by atoms with van der Waals surface area (Å²) in [6, 6.07) is 7.43. The van der Waals surface area contributed by atoms with Crippen LogP contribution in [0, 0.1) is 11.3 Å². The van der Waals surface area contributed by atoms with Gasteiger partial charge in [-0.25, -0.2) is 10.2 Å². The number of aromatic nitrogens is 2. The molecule has 0 saturated carbocycles. The molecule has 3 fully saturated rings. The standard InChI is InChI=1S/C52H73N9O8/c1-10-44(62)60-23-24-68-43-30-58(29-42(43)60)51(66)56(8)46(32(3)4)48(63)54-40-28-57-21-13-15-35(27-57)34-18-19-41-37(25-34)38(47(59(41)11-2)36-16-12-20-53-45(36)33(5)67-9)26-52(6,7)31-69-50(65)39-17-14-22-61(55-39)49(40)64/h12,15-16,18-20,25,32-33,39-40,42-43,46,55H,10-11,13-14,17,21-24,26-31H2,1-9H3,(H,54,63)/t33-,39-,40-,42+,43-,46?/m0/s1. The van der Waals surface area contributed by atoms with Crippen LogP contribution in [0.1, 0.15) is 97.1 Å². The largest absolute Gasteiger partial charge is 0.464 e. The number of morpholine rings is 1. The number of aryl methyl sites for hydroxylation is 1. The summed E-state index contributed by atoms with van der Waals surface area (Å²) >= 11 is 0. The zero-order valence-corrected chi connectivity index (χ0v) is 42.1. The summed E-state index contributed by atoms with van der Waals surface area (Å²) in [4.78, 5) is 82.6. The number of nitrogens with one attached hydrogen (secondary N) is 2. The fraction of sp³-hybridized carbons (Fsp3) is 0.615. The minimum Gasteiger partial charge on any atom is -0.464 e. The number of pyridine rings is 1. The first-order valence-corrected chi connectivity index (χ1v) is 25.1. The van der Waals surface area contributed by atoms with Crippen LogP contribution in [0.5, 0.6) is 0 Å². The van der Waals surface area contributed by atoms with Crippen LogP contribution < -0.4 is 10.7 Å². The lowest BCUT2D eigenvalue weighted by atomic mass is 9.84. The van der Waals surface area contributed by atoms with Crippen molar-refractivity contribution < 1.29 is 38.2 Å². The van der Waals surface area contributed by atoms with E-state index in [1.165, 1.54) is 9.91 Å². The van der Waals surface area contributed by atoms with Gasteiger partial charge in [0.15, 0.2) is 0 Å².